The molecule has 3 N–H and O–H groups in total. The van der Waals surface area contributed by atoms with E-state index in [-0.39, 0.29) is 5.54 Å². The van der Waals surface area contributed by atoms with Crippen LogP contribution in [-0.4, -0.2) is 17.1 Å². The minimum Gasteiger partial charge on any atom is -0.362 e. The molecule has 0 aliphatic rings. The van der Waals surface area contributed by atoms with Gasteiger partial charge in [0, 0.05) is 12.7 Å². The molecule has 0 fully saturated rings. The molecule has 0 saturated heterocycles. The van der Waals surface area contributed by atoms with Gasteiger partial charge in [-0.15, -0.1) is 0 Å². The van der Waals surface area contributed by atoms with E-state index in [4.69, 9.17) is 28.9 Å². The maximum absolute atomic E-state index is 6.05. The largest absolute Gasteiger partial charge is 0.362 e. The van der Waals surface area contributed by atoms with Gasteiger partial charge in [-0.1, -0.05) is 37.0 Å². The summed E-state index contributed by atoms with van der Waals surface area (Å²) in [6.45, 7) is 6.75. The van der Waals surface area contributed by atoms with E-state index in [9.17, 15) is 0 Å². The van der Waals surface area contributed by atoms with Crippen molar-refractivity contribution in [2.24, 2.45) is 11.7 Å². The quantitative estimate of drug-likeness (QED) is 0.876. The number of hydrogen-bond acceptors (Lipinski definition) is 3. The predicted octanol–water partition coefficient (Wildman–Crippen LogP) is 3.17. The van der Waals surface area contributed by atoms with Gasteiger partial charge >= 0.3 is 0 Å². The maximum atomic E-state index is 6.05. The molecule has 0 aliphatic heterocycles. The first kappa shape index (κ1) is 13.6. The zero-order valence-electron chi connectivity index (χ0n) is 9.72. The van der Waals surface area contributed by atoms with Crippen LogP contribution in [0.2, 0.25) is 10.0 Å². The Morgan fingerprint density at radius 2 is 2.12 bits per heavy atom. The van der Waals surface area contributed by atoms with E-state index in [0.717, 1.165) is 0 Å². The van der Waals surface area contributed by atoms with Crippen LogP contribution in [-0.2, 0) is 0 Å². The smallest absolute Gasteiger partial charge is 0.145 e. The van der Waals surface area contributed by atoms with Gasteiger partial charge in [-0.05, 0) is 18.9 Å². The van der Waals surface area contributed by atoms with Crippen LogP contribution in [0.15, 0.2) is 12.3 Å². The third-order valence-electron chi connectivity index (χ3n) is 2.91. The van der Waals surface area contributed by atoms with Gasteiger partial charge in [0.05, 0.1) is 15.6 Å². The molecule has 0 aromatic carbocycles. The molecule has 5 heteroatoms. The van der Waals surface area contributed by atoms with Crippen molar-refractivity contribution in [1.29, 1.82) is 0 Å². The van der Waals surface area contributed by atoms with Crippen molar-refractivity contribution in [3.63, 3.8) is 0 Å². The molecule has 0 aliphatic carbocycles. The average molecular weight is 262 g/mol. The molecule has 16 heavy (non-hydrogen) atoms. The van der Waals surface area contributed by atoms with Crippen LogP contribution in [0.25, 0.3) is 0 Å². The Kier molecular flexibility index (Phi) is 4.42. The number of pyridine rings is 1. The first-order valence-electron chi connectivity index (χ1n) is 5.18. The molecule has 1 aromatic rings. The molecule has 1 atom stereocenters. The number of rotatable bonds is 4. The van der Waals surface area contributed by atoms with Crippen LogP contribution >= 0.6 is 23.2 Å². The van der Waals surface area contributed by atoms with Gasteiger partial charge in [0.25, 0.3) is 0 Å². The molecule has 0 radical (unpaired) electrons. The Bertz CT molecular complexity index is 368. The number of nitrogens with zero attached hydrogens (tertiary/aromatic N) is 1. The fourth-order valence-electron chi connectivity index (χ4n) is 1.21. The molecule has 1 rings (SSSR count). The molecule has 0 spiro atoms. The third-order valence-corrected chi connectivity index (χ3v) is 3.40. The first-order chi connectivity index (χ1) is 7.39. The second-order valence-electron chi connectivity index (χ2n) is 4.39. The average Bonchev–Trinajstić information content (AvgIpc) is 2.22. The zero-order valence-corrected chi connectivity index (χ0v) is 11.2. The van der Waals surface area contributed by atoms with E-state index in [1.54, 1.807) is 12.3 Å². The molecule has 0 amide bonds. The lowest BCUT2D eigenvalue weighted by Gasteiger charge is -2.34. The maximum Gasteiger partial charge on any atom is 0.145 e. The number of anilines is 1. The van der Waals surface area contributed by atoms with Crippen molar-refractivity contribution in [2.45, 2.75) is 26.3 Å². The van der Waals surface area contributed by atoms with Crippen LogP contribution in [0.4, 0.5) is 5.82 Å². The van der Waals surface area contributed by atoms with E-state index in [1.807, 2.05) is 6.92 Å². The van der Waals surface area contributed by atoms with Crippen molar-refractivity contribution >= 4 is 29.0 Å². The highest BCUT2D eigenvalue weighted by molar-refractivity contribution is 6.35. The van der Waals surface area contributed by atoms with Crippen molar-refractivity contribution in [3.05, 3.63) is 22.3 Å². The lowest BCUT2D eigenvalue weighted by molar-refractivity contribution is 0.381. The SMILES string of the molecule is CC(C)C(C)(CN)Nc1ncc(Cl)cc1Cl. The summed E-state index contributed by atoms with van der Waals surface area (Å²) in [6, 6.07) is 1.66. The van der Waals surface area contributed by atoms with Crippen molar-refractivity contribution in [1.82, 2.24) is 4.98 Å². The highest BCUT2D eigenvalue weighted by Gasteiger charge is 2.27. The van der Waals surface area contributed by atoms with Crippen LogP contribution in [0.3, 0.4) is 0 Å². The minimum atomic E-state index is -0.232. The summed E-state index contributed by atoms with van der Waals surface area (Å²) in [5.41, 5.74) is 5.54. The Balaban J connectivity index is 2.95. The molecule has 0 bridgehead atoms. The number of hydrogen-bond donors (Lipinski definition) is 2. The van der Waals surface area contributed by atoms with Crippen LogP contribution in [0.5, 0.6) is 0 Å². The van der Waals surface area contributed by atoms with Crippen LogP contribution in [0, 0.1) is 5.92 Å². The van der Waals surface area contributed by atoms with Gasteiger partial charge in [-0.2, -0.15) is 0 Å². The summed E-state index contributed by atoms with van der Waals surface area (Å²) >= 11 is 11.8. The molecular weight excluding hydrogens is 245 g/mol. The number of aromatic nitrogens is 1. The summed E-state index contributed by atoms with van der Waals surface area (Å²) in [7, 11) is 0. The summed E-state index contributed by atoms with van der Waals surface area (Å²) in [4.78, 5) is 4.16. The summed E-state index contributed by atoms with van der Waals surface area (Å²) in [5, 5.41) is 4.30. The molecule has 1 unspecified atom stereocenters. The molecule has 3 nitrogen and oxygen atoms in total. The number of halogens is 2. The van der Waals surface area contributed by atoms with E-state index < -0.39 is 0 Å². The minimum absolute atomic E-state index is 0.232. The topological polar surface area (TPSA) is 50.9 Å². The number of nitrogens with two attached hydrogens (primary N) is 1. The van der Waals surface area contributed by atoms with Crippen molar-refractivity contribution < 1.29 is 0 Å². The standard InChI is InChI=1S/C11H17Cl2N3/c1-7(2)11(3,6-14)16-10-9(13)4-8(12)5-15-10/h4-5,7H,6,14H2,1-3H3,(H,15,16). The van der Waals surface area contributed by atoms with E-state index in [1.165, 1.54) is 0 Å². The fourth-order valence-corrected chi connectivity index (χ4v) is 1.64. The van der Waals surface area contributed by atoms with Gasteiger partial charge in [0.2, 0.25) is 0 Å². The van der Waals surface area contributed by atoms with E-state index in [2.05, 4.69) is 24.1 Å². The molecule has 0 saturated carbocycles. The second kappa shape index (κ2) is 5.21. The van der Waals surface area contributed by atoms with Crippen LogP contribution in [0.1, 0.15) is 20.8 Å². The Labute approximate surface area is 106 Å². The fraction of sp³-hybridized carbons (Fsp3) is 0.545. The third kappa shape index (κ3) is 3.00. The summed E-state index contributed by atoms with van der Waals surface area (Å²) < 4.78 is 0. The number of nitrogens with one attached hydrogen (secondary N) is 1. The predicted molar refractivity (Wildman–Crippen MR) is 70.2 cm³/mol. The van der Waals surface area contributed by atoms with Gasteiger partial charge in [-0.25, -0.2) is 4.98 Å². The van der Waals surface area contributed by atoms with Crippen molar-refractivity contribution in [3.8, 4) is 0 Å². The summed E-state index contributed by atoms with van der Waals surface area (Å²) in [6.07, 6.45) is 1.56. The highest BCUT2D eigenvalue weighted by atomic mass is 35.5. The Morgan fingerprint density at radius 3 is 2.56 bits per heavy atom. The Hall–Kier alpha value is -0.510. The van der Waals surface area contributed by atoms with Crippen molar-refractivity contribution in [2.75, 3.05) is 11.9 Å². The van der Waals surface area contributed by atoms with Gasteiger partial charge in [-0.3, -0.25) is 0 Å². The monoisotopic (exact) mass is 261 g/mol. The van der Waals surface area contributed by atoms with E-state index in [0.29, 0.717) is 28.3 Å². The molecular formula is C11H17Cl2N3. The normalized spacial score (nSPS) is 14.9. The van der Waals surface area contributed by atoms with Gasteiger partial charge in [0.1, 0.15) is 5.82 Å². The molecule has 1 aromatic heterocycles. The van der Waals surface area contributed by atoms with Gasteiger partial charge < -0.3 is 11.1 Å². The first-order valence-corrected chi connectivity index (χ1v) is 5.94. The van der Waals surface area contributed by atoms with Crippen LogP contribution < -0.4 is 11.1 Å². The Morgan fingerprint density at radius 1 is 1.50 bits per heavy atom. The zero-order chi connectivity index (χ0) is 12.3. The summed E-state index contributed by atoms with van der Waals surface area (Å²) in [5.74, 6) is 0.985. The highest BCUT2D eigenvalue weighted by Crippen LogP contribution is 2.27. The lowest BCUT2D eigenvalue weighted by Crippen LogP contribution is -2.47. The van der Waals surface area contributed by atoms with Gasteiger partial charge in [0.15, 0.2) is 0 Å². The molecule has 90 valence electrons. The lowest BCUT2D eigenvalue weighted by atomic mass is 9.88. The molecule has 1 heterocycles. The second-order valence-corrected chi connectivity index (χ2v) is 5.23. The van der Waals surface area contributed by atoms with E-state index >= 15 is 0 Å².